The van der Waals surface area contributed by atoms with Crippen molar-refractivity contribution < 1.29 is 9.53 Å². The molecule has 2 rings (SSSR count). The number of nitrogens with zero attached hydrogens (tertiary/aromatic N) is 1. The number of carbonyl (C=O) groups is 1. The molecule has 1 N–H and O–H groups in total. The summed E-state index contributed by atoms with van der Waals surface area (Å²) in [6.07, 6.45) is 3.05. The highest BCUT2D eigenvalue weighted by Gasteiger charge is 2.05. The summed E-state index contributed by atoms with van der Waals surface area (Å²) >= 11 is 12.0. The van der Waals surface area contributed by atoms with Gasteiger partial charge in [0.15, 0.2) is 0 Å². The van der Waals surface area contributed by atoms with Gasteiger partial charge in [-0.05, 0) is 36.4 Å². The molecule has 2 aromatic rings. The van der Waals surface area contributed by atoms with Gasteiger partial charge in [-0.3, -0.25) is 4.79 Å². The maximum absolute atomic E-state index is 12.0. The fraction of sp³-hybridized carbons (Fsp3) is 0.0588. The quantitative estimate of drug-likeness (QED) is 0.480. The average Bonchev–Trinajstić information content (AvgIpc) is 2.56. The number of benzene rings is 2. The minimum Gasteiger partial charge on any atom is -0.490 e. The molecule has 118 valence electrons. The van der Waals surface area contributed by atoms with E-state index in [1.807, 2.05) is 0 Å². The Morgan fingerprint density at radius 1 is 1.17 bits per heavy atom. The summed E-state index contributed by atoms with van der Waals surface area (Å²) in [5, 5.41) is 4.79. The molecule has 0 heterocycles. The highest BCUT2D eigenvalue weighted by atomic mass is 35.5. The Hall–Kier alpha value is -2.30. The second-order valence-corrected chi connectivity index (χ2v) is 5.27. The van der Waals surface area contributed by atoms with Crippen LogP contribution in [0.1, 0.15) is 15.9 Å². The lowest BCUT2D eigenvalue weighted by atomic mass is 10.2. The van der Waals surface area contributed by atoms with Gasteiger partial charge < -0.3 is 4.74 Å². The second-order valence-electron chi connectivity index (χ2n) is 4.46. The third kappa shape index (κ3) is 4.84. The predicted molar refractivity (Wildman–Crippen MR) is 93.7 cm³/mol. The Bertz CT molecular complexity index is 708. The van der Waals surface area contributed by atoms with Crippen molar-refractivity contribution in [1.82, 2.24) is 5.43 Å². The van der Waals surface area contributed by atoms with Crippen LogP contribution in [0.3, 0.4) is 0 Å². The summed E-state index contributed by atoms with van der Waals surface area (Å²) in [5.41, 5.74) is 3.42. The Morgan fingerprint density at radius 3 is 2.43 bits per heavy atom. The van der Waals surface area contributed by atoms with Gasteiger partial charge in [-0.2, -0.15) is 5.10 Å². The van der Waals surface area contributed by atoms with E-state index in [1.54, 1.807) is 48.5 Å². The first-order valence-corrected chi connectivity index (χ1v) is 7.48. The fourth-order valence-electron chi connectivity index (χ4n) is 1.71. The number of nitrogens with one attached hydrogen (secondary N) is 1. The van der Waals surface area contributed by atoms with E-state index in [0.717, 1.165) is 0 Å². The van der Waals surface area contributed by atoms with Crippen LogP contribution in [-0.2, 0) is 0 Å². The molecule has 0 atom stereocenters. The van der Waals surface area contributed by atoms with E-state index >= 15 is 0 Å². The normalized spacial score (nSPS) is 10.5. The molecule has 23 heavy (non-hydrogen) atoms. The van der Waals surface area contributed by atoms with E-state index in [1.165, 1.54) is 6.21 Å². The minimum absolute atomic E-state index is 0.348. The Kier molecular flexibility index (Phi) is 6.20. The number of halogens is 2. The van der Waals surface area contributed by atoms with Gasteiger partial charge in [-0.15, -0.1) is 0 Å². The number of hydrogen-bond acceptors (Lipinski definition) is 3. The summed E-state index contributed by atoms with van der Waals surface area (Å²) in [5.74, 6) is 0.312. The molecular formula is C17H14Cl2N2O2. The number of hydrazone groups is 1. The van der Waals surface area contributed by atoms with Gasteiger partial charge in [0.2, 0.25) is 0 Å². The van der Waals surface area contributed by atoms with Gasteiger partial charge in [0.05, 0.1) is 16.3 Å². The second kappa shape index (κ2) is 8.36. The number of ether oxygens (including phenoxy) is 1. The summed E-state index contributed by atoms with van der Waals surface area (Å²) < 4.78 is 5.35. The summed E-state index contributed by atoms with van der Waals surface area (Å²) in [6.45, 7) is 3.98. The maximum atomic E-state index is 12.0. The molecule has 0 spiro atoms. The smallest absolute Gasteiger partial charge is 0.271 e. The van der Waals surface area contributed by atoms with Gasteiger partial charge >= 0.3 is 0 Å². The summed E-state index contributed by atoms with van der Waals surface area (Å²) in [7, 11) is 0. The van der Waals surface area contributed by atoms with Crippen LogP contribution in [0, 0.1) is 0 Å². The molecule has 0 saturated heterocycles. The van der Waals surface area contributed by atoms with E-state index in [-0.39, 0.29) is 5.91 Å². The van der Waals surface area contributed by atoms with Crippen molar-refractivity contribution in [1.29, 1.82) is 0 Å². The van der Waals surface area contributed by atoms with Crippen molar-refractivity contribution in [3.05, 3.63) is 76.3 Å². The highest BCUT2D eigenvalue weighted by Crippen LogP contribution is 2.22. The molecule has 2 aromatic carbocycles. The Morgan fingerprint density at radius 2 is 1.83 bits per heavy atom. The Labute approximate surface area is 144 Å². The van der Waals surface area contributed by atoms with E-state index in [2.05, 4.69) is 17.1 Å². The minimum atomic E-state index is -0.348. The highest BCUT2D eigenvalue weighted by molar-refractivity contribution is 6.38. The lowest BCUT2D eigenvalue weighted by molar-refractivity contribution is 0.0955. The van der Waals surface area contributed by atoms with Crippen molar-refractivity contribution >= 4 is 35.3 Å². The van der Waals surface area contributed by atoms with Gasteiger partial charge in [0.1, 0.15) is 12.4 Å². The standard InChI is InChI=1S/C17H14Cl2N2O2/c1-2-10-23-13-8-6-12(7-9-13)17(22)21-20-11-14-15(18)4-3-5-16(14)19/h2-9,11H,1,10H2,(H,21,22). The topological polar surface area (TPSA) is 50.7 Å². The molecule has 0 bridgehead atoms. The van der Waals surface area contributed by atoms with E-state index in [4.69, 9.17) is 27.9 Å². The first-order valence-electron chi connectivity index (χ1n) is 6.73. The molecule has 0 aliphatic carbocycles. The number of carbonyl (C=O) groups excluding carboxylic acids is 1. The van der Waals surface area contributed by atoms with Crippen LogP contribution in [0.5, 0.6) is 5.75 Å². The molecule has 0 saturated carbocycles. The number of rotatable bonds is 6. The molecule has 0 aliphatic heterocycles. The van der Waals surface area contributed by atoms with Crippen molar-refractivity contribution in [2.24, 2.45) is 5.10 Å². The van der Waals surface area contributed by atoms with E-state index in [9.17, 15) is 4.79 Å². The van der Waals surface area contributed by atoms with Gasteiger partial charge in [0.25, 0.3) is 5.91 Å². The van der Waals surface area contributed by atoms with Crippen molar-refractivity contribution in [3.63, 3.8) is 0 Å². The molecule has 0 unspecified atom stereocenters. The van der Waals surface area contributed by atoms with Gasteiger partial charge in [-0.1, -0.05) is 41.9 Å². The molecule has 4 nitrogen and oxygen atoms in total. The first kappa shape index (κ1) is 17.1. The lowest BCUT2D eigenvalue weighted by Crippen LogP contribution is -2.17. The van der Waals surface area contributed by atoms with E-state index in [0.29, 0.717) is 33.5 Å². The average molecular weight is 349 g/mol. The van der Waals surface area contributed by atoms with E-state index < -0.39 is 0 Å². The largest absolute Gasteiger partial charge is 0.490 e. The zero-order valence-corrected chi connectivity index (χ0v) is 13.6. The van der Waals surface area contributed by atoms with Crippen LogP contribution in [0.15, 0.2) is 60.2 Å². The molecule has 1 amide bonds. The zero-order chi connectivity index (χ0) is 16.7. The maximum Gasteiger partial charge on any atom is 0.271 e. The SMILES string of the molecule is C=CCOc1ccc(C(=O)NN=Cc2c(Cl)cccc2Cl)cc1. The molecular weight excluding hydrogens is 335 g/mol. The van der Waals surface area contributed by atoms with Crippen LogP contribution in [-0.4, -0.2) is 18.7 Å². The van der Waals surface area contributed by atoms with Crippen molar-refractivity contribution in [2.45, 2.75) is 0 Å². The number of amides is 1. The molecule has 0 fully saturated rings. The summed E-state index contributed by atoms with van der Waals surface area (Å²) in [6, 6.07) is 11.8. The first-order chi connectivity index (χ1) is 11.1. The lowest BCUT2D eigenvalue weighted by Gasteiger charge is -2.04. The third-order valence-corrected chi connectivity index (χ3v) is 3.50. The third-order valence-electron chi connectivity index (χ3n) is 2.84. The Balaban J connectivity index is 1.99. The van der Waals surface area contributed by atoms with Gasteiger partial charge in [-0.25, -0.2) is 5.43 Å². The molecule has 0 aliphatic rings. The van der Waals surface area contributed by atoms with Crippen LogP contribution in [0.25, 0.3) is 0 Å². The van der Waals surface area contributed by atoms with Crippen molar-refractivity contribution in [3.8, 4) is 5.75 Å². The van der Waals surface area contributed by atoms with Crippen LogP contribution < -0.4 is 10.2 Å². The monoisotopic (exact) mass is 348 g/mol. The predicted octanol–water partition coefficient (Wildman–Crippen LogP) is 4.32. The van der Waals surface area contributed by atoms with Crippen molar-refractivity contribution in [2.75, 3.05) is 6.61 Å². The zero-order valence-electron chi connectivity index (χ0n) is 12.1. The number of hydrogen-bond donors (Lipinski definition) is 1. The van der Waals surface area contributed by atoms with Gasteiger partial charge in [0, 0.05) is 11.1 Å². The molecule has 0 radical (unpaired) electrons. The van der Waals surface area contributed by atoms with Crippen LogP contribution in [0.4, 0.5) is 0 Å². The molecule has 6 heteroatoms. The van der Waals surface area contributed by atoms with Crippen LogP contribution in [0.2, 0.25) is 10.0 Å². The van der Waals surface area contributed by atoms with Crippen LogP contribution >= 0.6 is 23.2 Å². The molecule has 0 aromatic heterocycles. The summed E-state index contributed by atoms with van der Waals surface area (Å²) in [4.78, 5) is 12.0. The fourth-order valence-corrected chi connectivity index (χ4v) is 2.21.